The van der Waals surface area contributed by atoms with Crippen molar-refractivity contribution in [3.63, 3.8) is 0 Å². The van der Waals surface area contributed by atoms with E-state index in [2.05, 4.69) is 14.8 Å². The molecule has 0 aromatic carbocycles. The van der Waals surface area contributed by atoms with E-state index in [9.17, 15) is 4.79 Å². The molecule has 0 saturated heterocycles. The standard InChI is InChI=1S/C11H14N4O/c1-8-4-10(6-16)9(2)15(8)5-11-13-12-7-14(11)3/h4,6-7H,5H2,1-3H3. The van der Waals surface area contributed by atoms with Gasteiger partial charge in [0.15, 0.2) is 12.1 Å². The van der Waals surface area contributed by atoms with Gasteiger partial charge in [-0.2, -0.15) is 0 Å². The average molecular weight is 218 g/mol. The molecule has 2 aromatic rings. The molecule has 5 nitrogen and oxygen atoms in total. The molecule has 0 amide bonds. The molecule has 2 rings (SSSR count). The highest BCUT2D eigenvalue weighted by Crippen LogP contribution is 2.14. The lowest BCUT2D eigenvalue weighted by atomic mass is 10.3. The molecule has 0 fully saturated rings. The first kappa shape index (κ1) is 10.6. The molecule has 16 heavy (non-hydrogen) atoms. The second-order valence-electron chi connectivity index (χ2n) is 3.89. The lowest BCUT2D eigenvalue weighted by Gasteiger charge is -2.08. The number of rotatable bonds is 3. The van der Waals surface area contributed by atoms with Crippen LogP contribution in [0.2, 0.25) is 0 Å². The van der Waals surface area contributed by atoms with Crippen molar-refractivity contribution in [2.75, 3.05) is 0 Å². The molecule has 2 heterocycles. The van der Waals surface area contributed by atoms with Gasteiger partial charge in [-0.25, -0.2) is 0 Å². The second kappa shape index (κ2) is 3.92. The summed E-state index contributed by atoms with van der Waals surface area (Å²) in [5.41, 5.74) is 2.76. The van der Waals surface area contributed by atoms with Crippen LogP contribution < -0.4 is 0 Å². The van der Waals surface area contributed by atoms with E-state index in [4.69, 9.17) is 0 Å². The van der Waals surface area contributed by atoms with Crippen molar-refractivity contribution >= 4 is 6.29 Å². The molecule has 0 unspecified atom stereocenters. The second-order valence-corrected chi connectivity index (χ2v) is 3.89. The molecular weight excluding hydrogens is 204 g/mol. The molecule has 0 N–H and O–H groups in total. The highest BCUT2D eigenvalue weighted by Gasteiger charge is 2.10. The third-order valence-electron chi connectivity index (χ3n) is 2.84. The van der Waals surface area contributed by atoms with Crippen molar-refractivity contribution in [2.45, 2.75) is 20.4 Å². The molecular formula is C11H14N4O. The van der Waals surface area contributed by atoms with Gasteiger partial charge in [0.2, 0.25) is 0 Å². The van der Waals surface area contributed by atoms with Crippen LogP contribution in [-0.2, 0) is 13.6 Å². The van der Waals surface area contributed by atoms with E-state index < -0.39 is 0 Å². The summed E-state index contributed by atoms with van der Waals surface area (Å²) in [5.74, 6) is 0.874. The predicted octanol–water partition coefficient (Wildman–Crippen LogP) is 1.09. The van der Waals surface area contributed by atoms with E-state index >= 15 is 0 Å². The molecule has 5 heteroatoms. The Morgan fingerprint density at radius 1 is 1.44 bits per heavy atom. The Morgan fingerprint density at radius 3 is 2.69 bits per heavy atom. The van der Waals surface area contributed by atoms with Crippen molar-refractivity contribution < 1.29 is 4.79 Å². The van der Waals surface area contributed by atoms with Gasteiger partial charge in [-0.05, 0) is 19.9 Å². The monoisotopic (exact) mass is 218 g/mol. The van der Waals surface area contributed by atoms with E-state index in [1.54, 1.807) is 6.33 Å². The fraction of sp³-hybridized carbons (Fsp3) is 0.364. The molecule has 0 saturated carbocycles. The smallest absolute Gasteiger partial charge is 0.152 e. The number of hydrogen-bond acceptors (Lipinski definition) is 3. The summed E-state index contributed by atoms with van der Waals surface area (Å²) in [7, 11) is 1.91. The van der Waals surface area contributed by atoms with Crippen LogP contribution in [0, 0.1) is 13.8 Å². The summed E-state index contributed by atoms with van der Waals surface area (Å²) in [4.78, 5) is 10.8. The number of aromatic nitrogens is 4. The van der Waals surface area contributed by atoms with Gasteiger partial charge in [-0.3, -0.25) is 4.79 Å². The predicted molar refractivity (Wildman–Crippen MR) is 59.4 cm³/mol. The minimum absolute atomic E-state index is 0.641. The van der Waals surface area contributed by atoms with Gasteiger partial charge in [0.05, 0.1) is 6.54 Å². The fourth-order valence-electron chi connectivity index (χ4n) is 1.78. The maximum atomic E-state index is 10.8. The van der Waals surface area contributed by atoms with Crippen LogP contribution in [-0.4, -0.2) is 25.6 Å². The van der Waals surface area contributed by atoms with Crippen molar-refractivity contribution in [1.82, 2.24) is 19.3 Å². The summed E-state index contributed by atoms with van der Waals surface area (Å²) < 4.78 is 3.94. The Balaban J connectivity index is 2.38. The van der Waals surface area contributed by atoms with Crippen molar-refractivity contribution in [1.29, 1.82) is 0 Å². The van der Waals surface area contributed by atoms with Gasteiger partial charge in [0.25, 0.3) is 0 Å². The SMILES string of the molecule is Cc1cc(C=O)c(C)n1Cc1nncn1C. The maximum absolute atomic E-state index is 10.8. The van der Waals surface area contributed by atoms with Crippen molar-refractivity contribution in [3.05, 3.63) is 35.2 Å². The van der Waals surface area contributed by atoms with Crippen LogP contribution >= 0.6 is 0 Å². The highest BCUT2D eigenvalue weighted by atomic mass is 16.1. The van der Waals surface area contributed by atoms with Crippen molar-refractivity contribution in [3.8, 4) is 0 Å². The average Bonchev–Trinajstić information content (AvgIpc) is 2.77. The molecule has 84 valence electrons. The minimum atomic E-state index is 0.641. The van der Waals surface area contributed by atoms with Crippen molar-refractivity contribution in [2.24, 2.45) is 7.05 Å². The van der Waals surface area contributed by atoms with E-state index in [0.717, 1.165) is 29.1 Å². The molecule has 0 aliphatic carbocycles. The zero-order valence-electron chi connectivity index (χ0n) is 9.64. The number of carbonyl (C=O) groups is 1. The Labute approximate surface area is 93.7 Å². The lowest BCUT2D eigenvalue weighted by Crippen LogP contribution is -2.08. The maximum Gasteiger partial charge on any atom is 0.152 e. The number of carbonyl (C=O) groups excluding carboxylic acids is 1. The number of aryl methyl sites for hydroxylation is 2. The first-order valence-electron chi connectivity index (χ1n) is 5.08. The van der Waals surface area contributed by atoms with Gasteiger partial charge >= 0.3 is 0 Å². The largest absolute Gasteiger partial charge is 0.341 e. The van der Waals surface area contributed by atoms with E-state index in [0.29, 0.717) is 6.54 Å². The third kappa shape index (κ3) is 1.64. The normalized spacial score (nSPS) is 10.7. The molecule has 0 aliphatic heterocycles. The quantitative estimate of drug-likeness (QED) is 0.725. The Hall–Kier alpha value is -1.91. The Kier molecular flexibility index (Phi) is 2.60. The minimum Gasteiger partial charge on any atom is -0.341 e. The van der Waals surface area contributed by atoms with Gasteiger partial charge < -0.3 is 9.13 Å². The topological polar surface area (TPSA) is 52.7 Å². The number of hydrogen-bond donors (Lipinski definition) is 0. The summed E-state index contributed by atoms with van der Waals surface area (Å²) in [6, 6.07) is 1.89. The summed E-state index contributed by atoms with van der Waals surface area (Å²) in [5, 5.41) is 7.87. The van der Waals surface area contributed by atoms with Gasteiger partial charge in [-0.15, -0.1) is 10.2 Å². The van der Waals surface area contributed by atoms with E-state index in [-0.39, 0.29) is 0 Å². The first-order chi connectivity index (χ1) is 7.63. The summed E-state index contributed by atoms with van der Waals surface area (Å²) in [6.07, 6.45) is 2.56. The van der Waals surface area contributed by atoms with Gasteiger partial charge in [0.1, 0.15) is 6.33 Å². The zero-order chi connectivity index (χ0) is 11.7. The first-order valence-corrected chi connectivity index (χ1v) is 5.08. The van der Waals surface area contributed by atoms with Gasteiger partial charge in [0, 0.05) is 24.0 Å². The Morgan fingerprint density at radius 2 is 2.19 bits per heavy atom. The fourth-order valence-corrected chi connectivity index (χ4v) is 1.78. The summed E-state index contributed by atoms with van der Waals surface area (Å²) >= 11 is 0. The Bertz CT molecular complexity index is 524. The molecule has 0 spiro atoms. The highest BCUT2D eigenvalue weighted by molar-refractivity contribution is 5.77. The molecule has 0 radical (unpaired) electrons. The number of aldehydes is 1. The van der Waals surface area contributed by atoms with Crippen LogP contribution in [0.3, 0.4) is 0 Å². The van der Waals surface area contributed by atoms with Crippen LogP contribution in [0.15, 0.2) is 12.4 Å². The molecule has 0 aliphatic rings. The van der Waals surface area contributed by atoms with Crippen LogP contribution in [0.5, 0.6) is 0 Å². The molecule has 2 aromatic heterocycles. The number of nitrogens with zero attached hydrogens (tertiary/aromatic N) is 4. The molecule has 0 atom stereocenters. The third-order valence-corrected chi connectivity index (χ3v) is 2.84. The molecule has 0 bridgehead atoms. The van der Waals surface area contributed by atoms with Crippen LogP contribution in [0.25, 0.3) is 0 Å². The van der Waals surface area contributed by atoms with E-state index in [1.807, 2.05) is 31.5 Å². The zero-order valence-corrected chi connectivity index (χ0v) is 9.64. The van der Waals surface area contributed by atoms with Gasteiger partial charge in [-0.1, -0.05) is 0 Å². The van der Waals surface area contributed by atoms with Crippen LogP contribution in [0.4, 0.5) is 0 Å². The lowest BCUT2D eigenvalue weighted by molar-refractivity contribution is 0.112. The van der Waals surface area contributed by atoms with Crippen LogP contribution in [0.1, 0.15) is 27.6 Å². The van der Waals surface area contributed by atoms with E-state index in [1.165, 1.54) is 0 Å². The summed E-state index contributed by atoms with van der Waals surface area (Å²) in [6.45, 7) is 4.56.